The summed E-state index contributed by atoms with van der Waals surface area (Å²) in [5, 5.41) is 12.2. The van der Waals surface area contributed by atoms with Crippen molar-refractivity contribution in [3.05, 3.63) is 53.0 Å². The number of rotatable bonds is 8. The lowest BCUT2D eigenvalue weighted by atomic mass is 9.96. The molecule has 2 aromatic heterocycles. The number of nitrogens with one attached hydrogen (secondary N) is 1. The molecular weight excluding hydrogens is 430 g/mol. The second-order valence-electron chi connectivity index (χ2n) is 10.4. The molecule has 0 saturated carbocycles. The molecule has 0 aromatic carbocycles. The molecule has 3 rings (SSSR count). The molecule has 3 heterocycles. The standard InChI is InChI=1S/C21H34N4.C8H11N.CH4/c1-21(2,3)17-25-19(11-15-24-13-8-5-9-14-24)16-18(20(25)23-4)10-6-7-12-22;1-3-8-5-4-7(2)9-6-8;/h6,10,16,23H,5,7-9,11,13-15,17H2,1-4H3;4-6H,3H2,1-2H3;1H4/b10-6-;;. The smallest absolute Gasteiger partial charge is 0.113 e. The van der Waals surface area contributed by atoms with Crippen molar-refractivity contribution >= 4 is 11.9 Å². The molecule has 0 unspecified atom stereocenters. The third kappa shape index (κ3) is 10.7. The molecule has 5 heteroatoms. The van der Waals surface area contributed by atoms with Gasteiger partial charge in [0, 0.05) is 49.7 Å². The number of likely N-dealkylation sites (tertiary alicyclic amines) is 1. The zero-order chi connectivity index (χ0) is 25.0. The zero-order valence-corrected chi connectivity index (χ0v) is 22.3. The largest absolute Gasteiger partial charge is 0.374 e. The van der Waals surface area contributed by atoms with Crippen LogP contribution in [0.25, 0.3) is 6.08 Å². The second kappa shape index (κ2) is 15.4. The Morgan fingerprint density at radius 2 is 1.89 bits per heavy atom. The summed E-state index contributed by atoms with van der Waals surface area (Å²) in [5.41, 5.74) is 5.20. The highest BCUT2D eigenvalue weighted by atomic mass is 15.1. The number of piperidine rings is 1. The van der Waals surface area contributed by atoms with E-state index in [2.05, 4.69) is 71.7 Å². The van der Waals surface area contributed by atoms with Gasteiger partial charge in [0.15, 0.2) is 0 Å². The van der Waals surface area contributed by atoms with E-state index in [1.807, 2.05) is 32.3 Å². The number of aryl methyl sites for hydroxylation is 2. The van der Waals surface area contributed by atoms with Crippen molar-refractivity contribution in [1.82, 2.24) is 14.5 Å². The van der Waals surface area contributed by atoms with E-state index < -0.39 is 0 Å². The zero-order valence-electron chi connectivity index (χ0n) is 22.3. The van der Waals surface area contributed by atoms with E-state index in [0.29, 0.717) is 6.42 Å². The van der Waals surface area contributed by atoms with Gasteiger partial charge in [0.25, 0.3) is 0 Å². The average Bonchev–Trinajstić information content (AvgIpc) is 3.14. The van der Waals surface area contributed by atoms with Crippen molar-refractivity contribution in [2.75, 3.05) is 32.0 Å². The molecule has 5 nitrogen and oxygen atoms in total. The molecule has 1 aliphatic rings. The fourth-order valence-corrected chi connectivity index (χ4v) is 4.30. The minimum absolute atomic E-state index is 0. The summed E-state index contributed by atoms with van der Waals surface area (Å²) in [5.74, 6) is 1.16. The van der Waals surface area contributed by atoms with E-state index in [1.54, 1.807) is 0 Å². The van der Waals surface area contributed by atoms with Crippen molar-refractivity contribution in [2.24, 2.45) is 5.41 Å². The van der Waals surface area contributed by atoms with Crippen LogP contribution in [0.4, 0.5) is 5.82 Å². The summed E-state index contributed by atoms with van der Waals surface area (Å²) in [6.45, 7) is 15.6. The lowest BCUT2D eigenvalue weighted by Gasteiger charge is -2.27. The fourth-order valence-electron chi connectivity index (χ4n) is 4.30. The van der Waals surface area contributed by atoms with Gasteiger partial charge in [0.05, 0.1) is 12.5 Å². The van der Waals surface area contributed by atoms with Crippen LogP contribution in [0.15, 0.2) is 30.5 Å². The first-order valence-electron chi connectivity index (χ1n) is 12.8. The minimum atomic E-state index is 0. The van der Waals surface area contributed by atoms with Gasteiger partial charge in [-0.3, -0.25) is 4.98 Å². The third-order valence-corrected chi connectivity index (χ3v) is 6.10. The first-order chi connectivity index (χ1) is 16.3. The van der Waals surface area contributed by atoms with E-state index in [9.17, 15) is 0 Å². The number of anilines is 1. The predicted molar refractivity (Wildman–Crippen MR) is 152 cm³/mol. The van der Waals surface area contributed by atoms with E-state index in [1.165, 1.54) is 49.2 Å². The molecule has 0 bridgehead atoms. The van der Waals surface area contributed by atoms with Crippen LogP contribution in [0.3, 0.4) is 0 Å². The summed E-state index contributed by atoms with van der Waals surface area (Å²) in [6, 6.07) is 8.64. The van der Waals surface area contributed by atoms with Gasteiger partial charge in [-0.25, -0.2) is 0 Å². The number of nitrogens with zero attached hydrogens (tertiary/aromatic N) is 4. The minimum Gasteiger partial charge on any atom is -0.374 e. The van der Waals surface area contributed by atoms with Crippen molar-refractivity contribution in [3.63, 3.8) is 0 Å². The quantitative estimate of drug-likeness (QED) is 0.438. The molecule has 0 aliphatic carbocycles. The molecule has 0 radical (unpaired) electrons. The molecule has 1 fully saturated rings. The van der Waals surface area contributed by atoms with Crippen LogP contribution in [0, 0.1) is 23.7 Å². The van der Waals surface area contributed by atoms with Gasteiger partial charge in [-0.1, -0.05) is 59.8 Å². The van der Waals surface area contributed by atoms with E-state index in [-0.39, 0.29) is 12.8 Å². The van der Waals surface area contributed by atoms with Crippen LogP contribution >= 0.6 is 0 Å². The third-order valence-electron chi connectivity index (χ3n) is 6.10. The Bertz CT molecular complexity index is 919. The molecule has 1 aliphatic heterocycles. The van der Waals surface area contributed by atoms with Gasteiger partial charge < -0.3 is 14.8 Å². The molecule has 2 aromatic rings. The molecule has 1 N–H and O–H groups in total. The lowest BCUT2D eigenvalue weighted by molar-refractivity contribution is 0.229. The second-order valence-corrected chi connectivity index (χ2v) is 10.4. The van der Waals surface area contributed by atoms with Crippen LogP contribution in [-0.2, 0) is 19.4 Å². The van der Waals surface area contributed by atoms with Crippen LogP contribution in [0.2, 0.25) is 0 Å². The molecule has 0 spiro atoms. The van der Waals surface area contributed by atoms with Crippen LogP contribution in [-0.4, -0.2) is 41.1 Å². The molecular formula is C30H49N5. The van der Waals surface area contributed by atoms with Crippen LogP contribution in [0.1, 0.15) is 83.3 Å². The number of nitriles is 1. The van der Waals surface area contributed by atoms with Crippen molar-refractivity contribution in [2.45, 2.75) is 87.1 Å². The molecule has 35 heavy (non-hydrogen) atoms. The summed E-state index contributed by atoms with van der Waals surface area (Å²) in [4.78, 5) is 6.75. The van der Waals surface area contributed by atoms with Gasteiger partial charge in [-0.15, -0.1) is 0 Å². The Balaban J connectivity index is 0.000000516. The fraction of sp³-hybridized carbons (Fsp3) is 0.600. The summed E-state index contributed by atoms with van der Waals surface area (Å²) < 4.78 is 2.44. The Hall–Kier alpha value is -2.58. The normalized spacial score (nSPS) is 14.1. The van der Waals surface area contributed by atoms with Gasteiger partial charge in [-0.2, -0.15) is 5.26 Å². The number of allylic oxidation sites excluding steroid dienone is 1. The Morgan fingerprint density at radius 1 is 1.17 bits per heavy atom. The molecule has 0 amide bonds. The molecule has 1 saturated heterocycles. The number of hydrogen-bond acceptors (Lipinski definition) is 4. The Morgan fingerprint density at radius 3 is 2.43 bits per heavy atom. The van der Waals surface area contributed by atoms with Gasteiger partial charge in [-0.05, 0) is 62.4 Å². The van der Waals surface area contributed by atoms with Gasteiger partial charge in [0.1, 0.15) is 5.82 Å². The Labute approximate surface area is 215 Å². The van der Waals surface area contributed by atoms with Crippen molar-refractivity contribution < 1.29 is 0 Å². The van der Waals surface area contributed by atoms with Crippen LogP contribution < -0.4 is 5.32 Å². The van der Waals surface area contributed by atoms with E-state index >= 15 is 0 Å². The predicted octanol–water partition coefficient (Wildman–Crippen LogP) is 7.12. The number of pyridine rings is 1. The van der Waals surface area contributed by atoms with Crippen molar-refractivity contribution in [1.29, 1.82) is 5.26 Å². The average molecular weight is 480 g/mol. The lowest BCUT2D eigenvalue weighted by Crippen LogP contribution is -2.32. The van der Waals surface area contributed by atoms with Crippen molar-refractivity contribution in [3.8, 4) is 6.07 Å². The van der Waals surface area contributed by atoms with Gasteiger partial charge >= 0.3 is 0 Å². The monoisotopic (exact) mass is 479 g/mol. The van der Waals surface area contributed by atoms with E-state index in [4.69, 9.17) is 5.26 Å². The summed E-state index contributed by atoms with van der Waals surface area (Å²) in [6.07, 6.45) is 12.6. The first-order valence-corrected chi connectivity index (χ1v) is 12.8. The first kappa shape index (κ1) is 30.5. The van der Waals surface area contributed by atoms with E-state index in [0.717, 1.165) is 37.4 Å². The summed E-state index contributed by atoms with van der Waals surface area (Å²) >= 11 is 0. The summed E-state index contributed by atoms with van der Waals surface area (Å²) in [7, 11) is 1.99. The maximum Gasteiger partial charge on any atom is 0.113 e. The highest BCUT2D eigenvalue weighted by Crippen LogP contribution is 2.28. The van der Waals surface area contributed by atoms with Crippen LogP contribution in [0.5, 0.6) is 0 Å². The SMILES string of the molecule is C.CCc1ccc(C)nc1.CNc1c(/C=C\CC#N)cc(CCN2CCCCC2)n1CC(C)(C)C. The Kier molecular flexibility index (Phi) is 13.4. The molecule has 0 atom stereocenters. The maximum absolute atomic E-state index is 8.78. The number of aromatic nitrogens is 2. The molecule has 194 valence electrons. The highest BCUT2D eigenvalue weighted by molar-refractivity contribution is 5.66. The van der Waals surface area contributed by atoms with Gasteiger partial charge in [0.2, 0.25) is 0 Å². The maximum atomic E-state index is 8.78. The topological polar surface area (TPSA) is 56.9 Å². The number of hydrogen-bond donors (Lipinski definition) is 1. The highest BCUT2D eigenvalue weighted by Gasteiger charge is 2.19.